The van der Waals surface area contributed by atoms with Crippen molar-refractivity contribution in [2.45, 2.75) is 19.4 Å². The largest absolute Gasteiger partial charge is 0.336 e. The van der Waals surface area contributed by atoms with E-state index < -0.39 is 0 Å². The smallest absolute Gasteiger partial charge is 0.253 e. The highest BCUT2D eigenvalue weighted by Gasteiger charge is 2.27. The molecule has 2 N–H and O–H groups in total. The molecule has 33 heavy (non-hydrogen) atoms. The molecule has 1 aromatic heterocycles. The van der Waals surface area contributed by atoms with Crippen LogP contribution in [0, 0.1) is 0 Å². The van der Waals surface area contributed by atoms with Crippen molar-refractivity contribution >= 4 is 41.8 Å². The van der Waals surface area contributed by atoms with E-state index in [1.54, 1.807) is 54.1 Å². The van der Waals surface area contributed by atoms with Crippen LogP contribution in [-0.4, -0.2) is 58.3 Å². The summed E-state index contributed by atoms with van der Waals surface area (Å²) in [4.78, 5) is 35.2. The lowest BCUT2D eigenvalue weighted by atomic mass is 10.0. The van der Waals surface area contributed by atoms with Gasteiger partial charge in [0, 0.05) is 59.9 Å². The number of nitrogens with zero attached hydrogens (tertiary/aromatic N) is 5. The first kappa shape index (κ1) is 23.9. The van der Waals surface area contributed by atoms with E-state index in [1.807, 2.05) is 6.20 Å². The normalized spacial score (nSPS) is 16.5. The number of carbonyl (C=O) groups is 2. The summed E-state index contributed by atoms with van der Waals surface area (Å²) in [5.74, 6) is -0.0913. The molecule has 1 aromatic carbocycles. The van der Waals surface area contributed by atoms with Crippen molar-refractivity contribution < 1.29 is 9.59 Å². The molecular formula is C23H26ClN7O2. The van der Waals surface area contributed by atoms with Crippen LogP contribution < -0.4 is 10.6 Å². The molecule has 3 rings (SSSR count). The third kappa shape index (κ3) is 6.17. The Kier molecular flexibility index (Phi) is 7.78. The van der Waals surface area contributed by atoms with Gasteiger partial charge in [-0.25, -0.2) is 9.98 Å². The fraction of sp³-hybridized carbons (Fsp3) is 0.261. The number of guanidine groups is 1. The molecule has 2 aromatic rings. The van der Waals surface area contributed by atoms with Crippen molar-refractivity contribution in [3.63, 3.8) is 0 Å². The number of amides is 2. The van der Waals surface area contributed by atoms with Crippen molar-refractivity contribution in [2.24, 2.45) is 17.0 Å². The number of rotatable bonds is 6. The monoisotopic (exact) mass is 467 g/mol. The SMILES string of the molecule is C=CC(=O)Nc1ccc(C(=O)N2CC[C@@H](N=C(N=C)N/C=C(\C)Cl)C2)cc1-c1cnn(C)c1. The Morgan fingerprint density at radius 3 is 2.79 bits per heavy atom. The van der Waals surface area contributed by atoms with Gasteiger partial charge < -0.3 is 15.5 Å². The first-order chi connectivity index (χ1) is 15.8. The number of aliphatic imine (C=N–C) groups is 2. The second kappa shape index (κ2) is 10.7. The molecule has 1 aliphatic heterocycles. The Labute approximate surface area is 197 Å². The number of likely N-dealkylation sites (tertiary alicyclic amines) is 1. The molecule has 0 bridgehead atoms. The maximum absolute atomic E-state index is 13.2. The Bertz CT molecular complexity index is 1130. The Hall–Kier alpha value is -3.72. The third-order valence-electron chi connectivity index (χ3n) is 5.03. The predicted molar refractivity (Wildman–Crippen MR) is 132 cm³/mol. The molecule has 0 unspecified atom stereocenters. The van der Waals surface area contributed by atoms with Crippen LogP contribution in [0.25, 0.3) is 11.1 Å². The molecule has 172 valence electrons. The maximum atomic E-state index is 13.2. The van der Waals surface area contributed by atoms with E-state index >= 15 is 0 Å². The molecule has 10 heteroatoms. The van der Waals surface area contributed by atoms with Crippen LogP contribution >= 0.6 is 11.6 Å². The van der Waals surface area contributed by atoms with Crippen LogP contribution in [0.4, 0.5) is 5.69 Å². The first-order valence-corrected chi connectivity index (χ1v) is 10.7. The van der Waals surface area contributed by atoms with Gasteiger partial charge in [0.1, 0.15) is 0 Å². The second-order valence-corrected chi connectivity index (χ2v) is 8.13. The molecule has 9 nitrogen and oxygen atoms in total. The summed E-state index contributed by atoms with van der Waals surface area (Å²) >= 11 is 5.83. The molecule has 1 atom stereocenters. The first-order valence-electron chi connectivity index (χ1n) is 10.3. The van der Waals surface area contributed by atoms with E-state index in [0.717, 1.165) is 5.56 Å². The van der Waals surface area contributed by atoms with E-state index in [2.05, 4.69) is 39.0 Å². The lowest BCUT2D eigenvalue weighted by molar-refractivity contribution is -0.111. The number of hydrogen-bond donors (Lipinski definition) is 2. The van der Waals surface area contributed by atoms with Crippen molar-refractivity contribution in [3.05, 3.63) is 60.0 Å². The van der Waals surface area contributed by atoms with E-state index in [4.69, 9.17) is 11.6 Å². The van der Waals surface area contributed by atoms with Gasteiger partial charge in [-0.15, -0.1) is 0 Å². The summed E-state index contributed by atoms with van der Waals surface area (Å²) in [7, 11) is 1.80. The molecular weight excluding hydrogens is 442 g/mol. The molecule has 1 aliphatic rings. The zero-order valence-electron chi connectivity index (χ0n) is 18.6. The van der Waals surface area contributed by atoms with Gasteiger partial charge in [-0.05, 0) is 44.3 Å². The van der Waals surface area contributed by atoms with Gasteiger partial charge in [0.15, 0.2) is 0 Å². The topological polar surface area (TPSA) is 104 Å². The minimum Gasteiger partial charge on any atom is -0.336 e. The lowest BCUT2D eigenvalue weighted by Gasteiger charge is -2.17. The summed E-state index contributed by atoms with van der Waals surface area (Å²) in [6.07, 6.45) is 6.99. The van der Waals surface area contributed by atoms with Gasteiger partial charge >= 0.3 is 0 Å². The number of halogens is 1. The number of aromatic nitrogens is 2. The van der Waals surface area contributed by atoms with Crippen LogP contribution in [0.2, 0.25) is 0 Å². The number of aryl methyl sites for hydroxylation is 1. The van der Waals surface area contributed by atoms with Crippen LogP contribution in [0.5, 0.6) is 0 Å². The minimum atomic E-state index is -0.334. The molecule has 2 amide bonds. The van der Waals surface area contributed by atoms with Crippen LogP contribution in [0.1, 0.15) is 23.7 Å². The van der Waals surface area contributed by atoms with Crippen LogP contribution in [-0.2, 0) is 11.8 Å². The van der Waals surface area contributed by atoms with Gasteiger partial charge in [-0.3, -0.25) is 14.3 Å². The van der Waals surface area contributed by atoms with Crippen molar-refractivity contribution in [3.8, 4) is 11.1 Å². The highest BCUT2D eigenvalue weighted by Crippen LogP contribution is 2.30. The zero-order valence-corrected chi connectivity index (χ0v) is 19.3. The molecule has 1 saturated heterocycles. The van der Waals surface area contributed by atoms with Crippen LogP contribution in [0.3, 0.4) is 0 Å². The fourth-order valence-corrected chi connectivity index (χ4v) is 3.50. The highest BCUT2D eigenvalue weighted by atomic mass is 35.5. The molecule has 2 heterocycles. The third-order valence-corrected chi connectivity index (χ3v) is 5.14. The summed E-state index contributed by atoms with van der Waals surface area (Å²) in [6, 6.07) is 5.08. The van der Waals surface area contributed by atoms with E-state index in [0.29, 0.717) is 47.3 Å². The van der Waals surface area contributed by atoms with Gasteiger partial charge in [0.05, 0.1) is 12.2 Å². The molecule has 1 fully saturated rings. The van der Waals surface area contributed by atoms with Gasteiger partial charge in [-0.2, -0.15) is 5.10 Å². The van der Waals surface area contributed by atoms with Gasteiger partial charge in [-0.1, -0.05) is 18.2 Å². The van der Waals surface area contributed by atoms with E-state index in [-0.39, 0.29) is 17.9 Å². The van der Waals surface area contributed by atoms with Gasteiger partial charge in [0.25, 0.3) is 5.91 Å². The number of benzene rings is 1. The standard InChI is InChI=1S/C23H26ClN7O2/c1-5-21(32)29-20-7-6-16(10-19(20)17-12-27-30(4)13-17)22(33)31-9-8-18(14-31)28-23(25-3)26-11-15(2)24/h5-7,10-13,18H,1,3,8-9,14H2,2,4H3,(H,26,28)(H,29,32)/b15-11+/t18-/m1/s1. The Morgan fingerprint density at radius 2 is 2.15 bits per heavy atom. The van der Waals surface area contributed by atoms with Crippen molar-refractivity contribution in [2.75, 3.05) is 18.4 Å². The van der Waals surface area contributed by atoms with Crippen molar-refractivity contribution in [1.29, 1.82) is 0 Å². The lowest BCUT2D eigenvalue weighted by Crippen LogP contribution is -2.30. The minimum absolute atomic E-state index is 0.102. The number of carbonyl (C=O) groups excluding carboxylic acids is 2. The Morgan fingerprint density at radius 1 is 1.36 bits per heavy atom. The summed E-state index contributed by atoms with van der Waals surface area (Å²) in [5.41, 5.74) is 2.56. The summed E-state index contributed by atoms with van der Waals surface area (Å²) in [5, 5.41) is 10.4. The average Bonchev–Trinajstić information content (AvgIpc) is 3.45. The maximum Gasteiger partial charge on any atom is 0.253 e. The summed E-state index contributed by atoms with van der Waals surface area (Å²) in [6.45, 7) is 9.77. The summed E-state index contributed by atoms with van der Waals surface area (Å²) < 4.78 is 1.66. The fourth-order valence-electron chi connectivity index (χ4n) is 3.44. The molecule has 0 spiro atoms. The van der Waals surface area contributed by atoms with Crippen molar-refractivity contribution in [1.82, 2.24) is 20.0 Å². The molecule has 0 saturated carbocycles. The van der Waals surface area contributed by atoms with Gasteiger partial charge in [0.2, 0.25) is 11.9 Å². The highest BCUT2D eigenvalue weighted by molar-refractivity contribution is 6.29. The number of nitrogens with one attached hydrogen (secondary N) is 2. The average molecular weight is 468 g/mol. The van der Waals surface area contributed by atoms with E-state index in [1.165, 1.54) is 6.08 Å². The van der Waals surface area contributed by atoms with E-state index in [9.17, 15) is 9.59 Å². The number of allylic oxidation sites excluding steroid dienone is 1. The number of anilines is 1. The number of hydrogen-bond acceptors (Lipinski definition) is 4. The molecule has 0 aliphatic carbocycles. The quantitative estimate of drug-likeness (QED) is 0.387. The second-order valence-electron chi connectivity index (χ2n) is 7.54. The molecule has 0 radical (unpaired) electrons. The Balaban J connectivity index is 1.81. The predicted octanol–water partition coefficient (Wildman–Crippen LogP) is 3.17. The van der Waals surface area contributed by atoms with Crippen LogP contribution in [0.15, 0.2) is 64.5 Å². The zero-order chi connectivity index (χ0) is 24.0.